The number of carboxylic acids is 1. The second-order valence-electron chi connectivity index (χ2n) is 11.9. The lowest BCUT2D eigenvalue weighted by atomic mass is 9.80. The first-order valence-corrected chi connectivity index (χ1v) is 17.2. The molecule has 0 radical (unpaired) electrons. The number of nitrogens with zero attached hydrogens (tertiary/aromatic N) is 4. The maximum atomic E-state index is 15.3. The lowest BCUT2D eigenvalue weighted by Crippen LogP contribution is -2.54. The summed E-state index contributed by atoms with van der Waals surface area (Å²) in [4.78, 5) is 32.6. The molecule has 272 valence electrons. The standard InChI is InChI=1S/C32H33ClN4O6S.C2HF3O2/c1-35(2)20-21-7-13-25(29(18-21)42-4)32(36-16-5-6-28(36)30-34-15-17-43-30)26-19-22(33)8-14-27(26)37(31(32)38)44(39,40)24-11-9-23(41-3)10-12-24;3-2(4,5)1(6)7/h7-15,17-19,28H,5-6,16,20H2,1-4H3;(H,6,7)/t28-,32?;/m0./s1. The van der Waals surface area contributed by atoms with Gasteiger partial charge in [-0.2, -0.15) is 13.2 Å². The summed E-state index contributed by atoms with van der Waals surface area (Å²) in [6.07, 6.45) is -0.643. The van der Waals surface area contributed by atoms with Crippen molar-refractivity contribution in [2.45, 2.75) is 42.0 Å². The molecule has 1 saturated heterocycles. The van der Waals surface area contributed by atoms with Gasteiger partial charge in [-0.1, -0.05) is 23.7 Å². The average molecular weight is 751 g/mol. The third-order valence-electron chi connectivity index (χ3n) is 8.48. The number of halogens is 4. The molecule has 17 heteroatoms. The molecule has 0 aliphatic carbocycles. The van der Waals surface area contributed by atoms with Crippen molar-refractivity contribution in [3.63, 3.8) is 0 Å². The van der Waals surface area contributed by atoms with E-state index in [0.717, 1.165) is 16.3 Å². The summed E-state index contributed by atoms with van der Waals surface area (Å²) in [6, 6.07) is 16.1. The smallest absolute Gasteiger partial charge is 0.490 e. The van der Waals surface area contributed by atoms with Gasteiger partial charge in [0, 0.05) is 29.2 Å². The van der Waals surface area contributed by atoms with Crippen molar-refractivity contribution in [1.29, 1.82) is 0 Å². The Bertz CT molecular complexity index is 2010. The number of anilines is 1. The minimum Gasteiger partial charge on any atom is -0.497 e. The predicted molar refractivity (Wildman–Crippen MR) is 179 cm³/mol. The first kappa shape index (κ1) is 37.6. The zero-order valence-corrected chi connectivity index (χ0v) is 29.4. The van der Waals surface area contributed by atoms with Crippen molar-refractivity contribution >= 4 is 39.2 Å². The summed E-state index contributed by atoms with van der Waals surface area (Å²) in [7, 11) is 2.59. The number of alkyl halides is 3. The number of rotatable bonds is 9. The highest BCUT2D eigenvalue weighted by atomic mass is 35.5. The number of hydrogen-bond donors (Lipinski definition) is 1. The largest absolute Gasteiger partial charge is 0.497 e. The SMILES string of the molecule is COc1ccc(S(=O)(=O)N2C(=O)C(c3ccc(CN(C)C)cc3OC)(N3CCC[C@H]3c3ncco3)c3cc(Cl)ccc32)cc1.O=C(O)C(F)(F)F. The Labute approximate surface area is 297 Å². The number of sulfonamides is 1. The molecule has 4 aromatic rings. The van der Waals surface area contributed by atoms with E-state index in [1.165, 1.54) is 25.5 Å². The summed E-state index contributed by atoms with van der Waals surface area (Å²) in [5, 5.41) is 7.49. The molecule has 0 bridgehead atoms. The van der Waals surface area contributed by atoms with E-state index < -0.39 is 39.7 Å². The molecule has 12 nitrogen and oxygen atoms in total. The second kappa shape index (κ2) is 14.5. The third-order valence-corrected chi connectivity index (χ3v) is 10.4. The number of oxazole rings is 1. The Kier molecular flexibility index (Phi) is 10.7. The summed E-state index contributed by atoms with van der Waals surface area (Å²) < 4.78 is 78.4. The van der Waals surface area contributed by atoms with Gasteiger partial charge in [0.2, 0.25) is 5.89 Å². The first-order chi connectivity index (χ1) is 24.1. The maximum Gasteiger partial charge on any atom is 0.490 e. The van der Waals surface area contributed by atoms with Gasteiger partial charge in [-0.15, -0.1) is 0 Å². The van der Waals surface area contributed by atoms with Gasteiger partial charge in [-0.3, -0.25) is 9.69 Å². The van der Waals surface area contributed by atoms with Crippen LogP contribution in [0.25, 0.3) is 0 Å². The first-order valence-electron chi connectivity index (χ1n) is 15.4. The van der Waals surface area contributed by atoms with Crippen LogP contribution < -0.4 is 13.8 Å². The number of aliphatic carboxylic acids is 1. The number of hydrogen-bond acceptors (Lipinski definition) is 10. The summed E-state index contributed by atoms with van der Waals surface area (Å²) in [5.41, 5.74) is 0.479. The maximum absolute atomic E-state index is 15.3. The number of carbonyl (C=O) groups excluding carboxylic acids is 1. The molecule has 1 fully saturated rings. The fourth-order valence-electron chi connectivity index (χ4n) is 6.45. The van der Waals surface area contributed by atoms with Crippen molar-refractivity contribution < 1.29 is 50.2 Å². The lowest BCUT2D eigenvalue weighted by Gasteiger charge is -2.41. The molecule has 1 aromatic heterocycles. The van der Waals surface area contributed by atoms with E-state index in [1.54, 1.807) is 43.6 Å². The molecule has 2 aliphatic heterocycles. The van der Waals surface area contributed by atoms with Crippen LogP contribution in [0.3, 0.4) is 0 Å². The zero-order valence-electron chi connectivity index (χ0n) is 27.8. The van der Waals surface area contributed by atoms with Crippen LogP contribution >= 0.6 is 11.6 Å². The van der Waals surface area contributed by atoms with Gasteiger partial charge in [0.1, 0.15) is 17.8 Å². The fourth-order valence-corrected chi connectivity index (χ4v) is 8.08. The normalized spacial score (nSPS) is 19.1. The van der Waals surface area contributed by atoms with Crippen molar-refractivity contribution in [2.24, 2.45) is 0 Å². The van der Waals surface area contributed by atoms with E-state index in [0.29, 0.717) is 53.0 Å². The Morgan fingerprint density at radius 1 is 1.08 bits per heavy atom. The number of aromatic nitrogens is 1. The lowest BCUT2D eigenvalue weighted by molar-refractivity contribution is -0.192. The van der Waals surface area contributed by atoms with Crippen molar-refractivity contribution in [1.82, 2.24) is 14.8 Å². The molecule has 0 saturated carbocycles. The number of benzene rings is 3. The molecule has 1 N–H and O–H groups in total. The molecular weight excluding hydrogens is 717 g/mol. The molecule has 1 unspecified atom stereocenters. The van der Waals surface area contributed by atoms with Crippen LogP contribution in [-0.4, -0.2) is 81.2 Å². The van der Waals surface area contributed by atoms with E-state index in [4.69, 9.17) is 35.4 Å². The number of carbonyl (C=O) groups is 2. The van der Waals surface area contributed by atoms with Crippen molar-refractivity contribution in [2.75, 3.05) is 39.2 Å². The van der Waals surface area contributed by atoms with Gasteiger partial charge in [-0.05, 0) is 81.0 Å². The number of amides is 1. The molecule has 3 aromatic carbocycles. The highest BCUT2D eigenvalue weighted by Gasteiger charge is 2.62. The average Bonchev–Trinajstić information content (AvgIpc) is 3.83. The van der Waals surface area contributed by atoms with Gasteiger partial charge in [-0.25, -0.2) is 22.5 Å². The quantitative estimate of drug-likeness (QED) is 0.220. The Morgan fingerprint density at radius 3 is 2.33 bits per heavy atom. The fraction of sp³-hybridized carbons (Fsp3) is 0.324. The Morgan fingerprint density at radius 2 is 1.76 bits per heavy atom. The summed E-state index contributed by atoms with van der Waals surface area (Å²) >= 11 is 6.62. The van der Waals surface area contributed by atoms with Crippen LogP contribution in [0.1, 0.15) is 41.5 Å². The van der Waals surface area contributed by atoms with E-state index in [1.807, 2.05) is 42.1 Å². The van der Waals surface area contributed by atoms with Crippen molar-refractivity contribution in [3.05, 3.63) is 101 Å². The van der Waals surface area contributed by atoms with E-state index in [-0.39, 0.29) is 10.6 Å². The summed E-state index contributed by atoms with van der Waals surface area (Å²) in [6.45, 7) is 1.10. The molecule has 2 atom stereocenters. The van der Waals surface area contributed by atoms with Crippen LogP contribution in [-0.2, 0) is 31.7 Å². The van der Waals surface area contributed by atoms with Crippen LogP contribution in [0.15, 0.2) is 82.4 Å². The highest BCUT2D eigenvalue weighted by Crippen LogP contribution is 2.56. The van der Waals surface area contributed by atoms with Gasteiger partial charge >= 0.3 is 12.1 Å². The predicted octanol–water partition coefficient (Wildman–Crippen LogP) is 5.86. The topological polar surface area (TPSA) is 143 Å². The molecule has 0 spiro atoms. The molecule has 1 amide bonds. The second-order valence-corrected chi connectivity index (χ2v) is 14.1. The van der Waals surface area contributed by atoms with E-state index >= 15 is 4.79 Å². The van der Waals surface area contributed by atoms with E-state index in [2.05, 4.69) is 4.98 Å². The Balaban J connectivity index is 0.000000654. The monoisotopic (exact) mass is 750 g/mol. The van der Waals surface area contributed by atoms with Crippen LogP contribution in [0.2, 0.25) is 5.02 Å². The minimum absolute atomic E-state index is 0.0534. The number of likely N-dealkylation sites (tertiary alicyclic amines) is 1. The molecule has 2 aliphatic rings. The summed E-state index contributed by atoms with van der Waals surface area (Å²) in [5.74, 6) is -2.04. The number of carboxylic acid groups (broad SMARTS) is 1. The van der Waals surface area contributed by atoms with Gasteiger partial charge in [0.05, 0.1) is 37.0 Å². The molecule has 6 rings (SSSR count). The van der Waals surface area contributed by atoms with Gasteiger partial charge in [0.15, 0.2) is 5.54 Å². The van der Waals surface area contributed by atoms with Gasteiger partial charge in [0.25, 0.3) is 15.9 Å². The molecular formula is C34H34ClF3N4O8S. The van der Waals surface area contributed by atoms with Crippen LogP contribution in [0.4, 0.5) is 18.9 Å². The van der Waals surface area contributed by atoms with E-state index in [9.17, 15) is 21.6 Å². The van der Waals surface area contributed by atoms with Crippen LogP contribution in [0, 0.1) is 0 Å². The number of fused-ring (bicyclic) bond motifs is 1. The highest BCUT2D eigenvalue weighted by molar-refractivity contribution is 7.93. The molecule has 51 heavy (non-hydrogen) atoms. The third kappa shape index (κ3) is 7.00. The number of ether oxygens (including phenoxy) is 2. The molecule has 3 heterocycles. The Hall–Kier alpha value is -4.64. The minimum atomic E-state index is -5.08. The van der Waals surface area contributed by atoms with Gasteiger partial charge < -0.3 is 23.9 Å². The van der Waals surface area contributed by atoms with Crippen LogP contribution in [0.5, 0.6) is 11.5 Å². The zero-order chi connectivity index (χ0) is 37.3. The number of methoxy groups -OCH3 is 2. The van der Waals surface area contributed by atoms with Crippen molar-refractivity contribution in [3.8, 4) is 11.5 Å².